The number of halogens is 1. The second-order valence-corrected chi connectivity index (χ2v) is 3.16. The van der Waals surface area contributed by atoms with Crippen molar-refractivity contribution in [2.45, 2.75) is 6.92 Å². The number of hydrogen-bond donors (Lipinski definition) is 0. The van der Waals surface area contributed by atoms with Crippen molar-refractivity contribution >= 4 is 11.8 Å². The van der Waals surface area contributed by atoms with Gasteiger partial charge in [0, 0.05) is 17.8 Å². The molecule has 0 saturated carbocycles. The lowest BCUT2D eigenvalue weighted by atomic mass is 10.1. The summed E-state index contributed by atoms with van der Waals surface area (Å²) in [5.41, 5.74) is 2.11. The van der Waals surface area contributed by atoms with Crippen LogP contribution < -0.4 is 4.90 Å². The maximum Gasteiger partial charge on any atom is 0.120 e. The lowest BCUT2D eigenvalue weighted by molar-refractivity contribution is 0.606. The zero-order chi connectivity index (χ0) is 9.26. The number of rotatable bonds is 1. The Kier molecular flexibility index (Phi) is 2.05. The van der Waals surface area contributed by atoms with Gasteiger partial charge in [0.25, 0.3) is 0 Å². The van der Waals surface area contributed by atoms with Crippen LogP contribution in [0.25, 0.3) is 6.08 Å². The van der Waals surface area contributed by atoms with E-state index >= 15 is 0 Å². The number of hydrogen-bond acceptors (Lipinski definition) is 1. The summed E-state index contributed by atoms with van der Waals surface area (Å²) in [4.78, 5) is 2.03. The molecule has 0 fully saturated rings. The summed E-state index contributed by atoms with van der Waals surface area (Å²) in [6.07, 6.45) is 1.61. The first-order valence-corrected chi connectivity index (χ1v) is 4.51. The van der Waals surface area contributed by atoms with E-state index < -0.39 is 0 Å². The van der Waals surface area contributed by atoms with E-state index in [2.05, 4.69) is 0 Å². The van der Waals surface area contributed by atoms with E-state index in [0.717, 1.165) is 17.8 Å². The number of anilines is 1. The SMILES string of the molecule is CCN1CC(F)=Cc2ccccc21. The monoisotopic (exact) mass is 177 g/mol. The molecule has 0 aliphatic carbocycles. The van der Waals surface area contributed by atoms with Crippen molar-refractivity contribution in [3.63, 3.8) is 0 Å². The third kappa shape index (κ3) is 1.44. The van der Waals surface area contributed by atoms with E-state index in [1.54, 1.807) is 6.08 Å². The zero-order valence-electron chi connectivity index (χ0n) is 7.63. The van der Waals surface area contributed by atoms with Gasteiger partial charge in [0.2, 0.25) is 0 Å². The van der Waals surface area contributed by atoms with Gasteiger partial charge in [-0.25, -0.2) is 4.39 Å². The Balaban J connectivity index is 2.48. The first-order chi connectivity index (χ1) is 6.31. The third-order valence-corrected chi connectivity index (χ3v) is 2.31. The Morgan fingerprint density at radius 3 is 2.92 bits per heavy atom. The molecule has 1 aliphatic rings. The summed E-state index contributed by atoms with van der Waals surface area (Å²) in [6, 6.07) is 7.89. The predicted octanol–water partition coefficient (Wildman–Crippen LogP) is 2.84. The topological polar surface area (TPSA) is 3.24 Å². The van der Waals surface area contributed by atoms with Crippen LogP contribution in [0.2, 0.25) is 0 Å². The normalized spacial score (nSPS) is 15.2. The van der Waals surface area contributed by atoms with E-state index in [9.17, 15) is 4.39 Å². The summed E-state index contributed by atoms with van der Waals surface area (Å²) in [5.74, 6) is -0.0550. The fraction of sp³-hybridized carbons (Fsp3) is 0.273. The van der Waals surface area contributed by atoms with Crippen molar-refractivity contribution in [2.75, 3.05) is 18.0 Å². The maximum atomic E-state index is 13.1. The highest BCUT2D eigenvalue weighted by molar-refractivity contribution is 5.72. The van der Waals surface area contributed by atoms with Gasteiger partial charge in [-0.05, 0) is 19.1 Å². The highest BCUT2D eigenvalue weighted by Gasteiger charge is 2.15. The molecule has 1 nitrogen and oxygen atoms in total. The van der Waals surface area contributed by atoms with Crippen LogP contribution in [0.4, 0.5) is 10.1 Å². The van der Waals surface area contributed by atoms with Gasteiger partial charge in [0.1, 0.15) is 5.83 Å². The lowest BCUT2D eigenvalue weighted by Crippen LogP contribution is -2.27. The Hall–Kier alpha value is -1.31. The Morgan fingerprint density at radius 2 is 2.15 bits per heavy atom. The molecular formula is C11H12FN. The molecule has 0 atom stereocenters. The second-order valence-electron chi connectivity index (χ2n) is 3.16. The molecule has 0 spiro atoms. The summed E-state index contributed by atoms with van der Waals surface area (Å²) >= 11 is 0. The van der Waals surface area contributed by atoms with E-state index in [4.69, 9.17) is 0 Å². The van der Waals surface area contributed by atoms with Crippen LogP contribution >= 0.6 is 0 Å². The molecule has 0 N–H and O–H groups in total. The summed E-state index contributed by atoms with van der Waals surface area (Å²) < 4.78 is 13.1. The van der Waals surface area contributed by atoms with Crippen LogP contribution in [0.15, 0.2) is 30.1 Å². The minimum absolute atomic E-state index is 0.0550. The van der Waals surface area contributed by atoms with E-state index in [1.165, 1.54) is 0 Å². The first kappa shape index (κ1) is 8.30. The van der Waals surface area contributed by atoms with Crippen LogP contribution in [-0.2, 0) is 0 Å². The first-order valence-electron chi connectivity index (χ1n) is 4.51. The number of benzene rings is 1. The highest BCUT2D eigenvalue weighted by atomic mass is 19.1. The van der Waals surface area contributed by atoms with Gasteiger partial charge >= 0.3 is 0 Å². The van der Waals surface area contributed by atoms with Gasteiger partial charge in [-0.1, -0.05) is 18.2 Å². The molecule has 2 heteroatoms. The lowest BCUT2D eigenvalue weighted by Gasteiger charge is -2.27. The summed E-state index contributed by atoms with van der Waals surface area (Å²) in [5, 5.41) is 0. The Labute approximate surface area is 77.5 Å². The second kappa shape index (κ2) is 3.21. The van der Waals surface area contributed by atoms with Crippen LogP contribution in [-0.4, -0.2) is 13.1 Å². The van der Waals surface area contributed by atoms with Gasteiger partial charge in [-0.3, -0.25) is 0 Å². The van der Waals surface area contributed by atoms with E-state index in [1.807, 2.05) is 36.1 Å². The van der Waals surface area contributed by atoms with Crippen molar-refractivity contribution in [1.82, 2.24) is 0 Å². The van der Waals surface area contributed by atoms with Crippen LogP contribution in [0, 0.1) is 0 Å². The standard InChI is InChI=1S/C11H12FN/c1-2-13-8-10(12)7-9-5-3-4-6-11(9)13/h3-7H,2,8H2,1H3. The quantitative estimate of drug-likeness (QED) is 0.637. The minimum Gasteiger partial charge on any atom is -0.365 e. The molecule has 68 valence electrons. The van der Waals surface area contributed by atoms with Crippen molar-refractivity contribution in [1.29, 1.82) is 0 Å². The molecule has 2 rings (SSSR count). The van der Waals surface area contributed by atoms with Crippen molar-refractivity contribution in [3.8, 4) is 0 Å². The maximum absolute atomic E-state index is 13.1. The molecule has 0 radical (unpaired) electrons. The zero-order valence-corrected chi connectivity index (χ0v) is 7.63. The molecule has 1 aliphatic heterocycles. The molecule has 0 bridgehead atoms. The number of nitrogens with zero attached hydrogens (tertiary/aromatic N) is 1. The van der Waals surface area contributed by atoms with Gasteiger partial charge < -0.3 is 4.90 Å². The number of fused-ring (bicyclic) bond motifs is 1. The van der Waals surface area contributed by atoms with Gasteiger partial charge in [-0.15, -0.1) is 0 Å². The molecular weight excluding hydrogens is 165 g/mol. The molecule has 13 heavy (non-hydrogen) atoms. The molecule has 1 heterocycles. The number of para-hydroxylation sites is 1. The number of likely N-dealkylation sites (N-methyl/N-ethyl adjacent to an activating group) is 1. The summed E-state index contributed by atoms with van der Waals surface area (Å²) in [7, 11) is 0. The van der Waals surface area contributed by atoms with E-state index in [0.29, 0.717) is 6.54 Å². The highest BCUT2D eigenvalue weighted by Crippen LogP contribution is 2.28. The molecule has 0 saturated heterocycles. The van der Waals surface area contributed by atoms with Gasteiger partial charge in [0.05, 0.1) is 6.54 Å². The van der Waals surface area contributed by atoms with Gasteiger partial charge in [-0.2, -0.15) is 0 Å². The fourth-order valence-corrected chi connectivity index (χ4v) is 1.66. The van der Waals surface area contributed by atoms with E-state index in [-0.39, 0.29) is 5.83 Å². The molecule has 0 aromatic heterocycles. The van der Waals surface area contributed by atoms with Crippen molar-refractivity contribution in [2.24, 2.45) is 0 Å². The minimum atomic E-state index is -0.0550. The molecule has 0 unspecified atom stereocenters. The van der Waals surface area contributed by atoms with Gasteiger partial charge in [0.15, 0.2) is 0 Å². The average Bonchev–Trinajstić information content (AvgIpc) is 2.16. The summed E-state index contributed by atoms with van der Waals surface area (Å²) in [6.45, 7) is 3.29. The average molecular weight is 177 g/mol. The van der Waals surface area contributed by atoms with Crippen molar-refractivity contribution < 1.29 is 4.39 Å². The largest absolute Gasteiger partial charge is 0.365 e. The van der Waals surface area contributed by atoms with Crippen LogP contribution in [0.3, 0.4) is 0 Å². The Bertz CT molecular complexity index is 344. The molecule has 0 amide bonds. The Morgan fingerprint density at radius 1 is 1.38 bits per heavy atom. The van der Waals surface area contributed by atoms with Crippen LogP contribution in [0.1, 0.15) is 12.5 Å². The molecule has 1 aromatic carbocycles. The van der Waals surface area contributed by atoms with Crippen LogP contribution in [0.5, 0.6) is 0 Å². The fourth-order valence-electron chi connectivity index (χ4n) is 1.66. The van der Waals surface area contributed by atoms with Crippen molar-refractivity contribution in [3.05, 3.63) is 35.7 Å². The third-order valence-electron chi connectivity index (χ3n) is 2.31. The molecule has 1 aromatic rings. The predicted molar refractivity (Wildman–Crippen MR) is 53.4 cm³/mol. The smallest absolute Gasteiger partial charge is 0.120 e.